The van der Waals surface area contributed by atoms with Gasteiger partial charge in [0, 0.05) is 25.4 Å². The number of aromatic amines is 1. The van der Waals surface area contributed by atoms with Crippen LogP contribution in [0.1, 0.15) is 5.82 Å². The first-order chi connectivity index (χ1) is 6.83. The molecular formula is C8H13N3O3. The average molecular weight is 199 g/mol. The van der Waals surface area contributed by atoms with Gasteiger partial charge in [-0.1, -0.05) is 0 Å². The molecule has 1 rings (SSSR count). The molecule has 1 aromatic rings. The van der Waals surface area contributed by atoms with Gasteiger partial charge in [0.1, 0.15) is 12.4 Å². The van der Waals surface area contributed by atoms with E-state index in [9.17, 15) is 4.79 Å². The predicted molar refractivity (Wildman–Crippen MR) is 48.7 cm³/mol. The van der Waals surface area contributed by atoms with E-state index in [1.807, 2.05) is 0 Å². The van der Waals surface area contributed by atoms with E-state index in [1.54, 1.807) is 12.4 Å². The third-order valence-corrected chi connectivity index (χ3v) is 1.51. The number of rotatable bonds is 5. The largest absolute Gasteiger partial charge is 0.447 e. The van der Waals surface area contributed by atoms with Crippen LogP contribution in [0, 0.1) is 0 Å². The highest BCUT2D eigenvalue weighted by Gasteiger charge is 2.00. The molecule has 6 heteroatoms. The molecule has 0 unspecified atom stereocenters. The topological polar surface area (TPSA) is 87.2 Å². The van der Waals surface area contributed by atoms with Crippen molar-refractivity contribution in [3.63, 3.8) is 0 Å². The molecule has 0 aliphatic carbocycles. The summed E-state index contributed by atoms with van der Waals surface area (Å²) >= 11 is 0. The number of nitrogens with zero attached hydrogens (tertiary/aromatic N) is 1. The molecule has 0 bridgehead atoms. The van der Waals surface area contributed by atoms with Crippen molar-refractivity contribution in [2.45, 2.75) is 6.42 Å². The molecule has 0 aliphatic rings. The number of ether oxygens (including phenoxy) is 1. The minimum absolute atomic E-state index is 0.0204. The van der Waals surface area contributed by atoms with E-state index in [-0.39, 0.29) is 13.2 Å². The summed E-state index contributed by atoms with van der Waals surface area (Å²) in [5, 5.41) is 10.9. The van der Waals surface area contributed by atoms with Crippen molar-refractivity contribution in [2.75, 3.05) is 19.8 Å². The van der Waals surface area contributed by atoms with Crippen molar-refractivity contribution in [1.82, 2.24) is 15.3 Å². The van der Waals surface area contributed by atoms with Crippen molar-refractivity contribution < 1.29 is 14.6 Å². The van der Waals surface area contributed by atoms with Gasteiger partial charge < -0.3 is 20.1 Å². The fourth-order valence-electron chi connectivity index (χ4n) is 0.907. The summed E-state index contributed by atoms with van der Waals surface area (Å²) in [6, 6.07) is 0. The Morgan fingerprint density at radius 1 is 1.71 bits per heavy atom. The van der Waals surface area contributed by atoms with Crippen molar-refractivity contribution in [3.05, 3.63) is 18.2 Å². The maximum absolute atomic E-state index is 10.9. The number of aromatic nitrogens is 2. The highest BCUT2D eigenvalue weighted by atomic mass is 16.6. The van der Waals surface area contributed by atoms with E-state index in [4.69, 9.17) is 5.11 Å². The van der Waals surface area contributed by atoms with E-state index in [0.717, 1.165) is 5.82 Å². The molecule has 0 aliphatic heterocycles. The Hall–Kier alpha value is -1.56. The summed E-state index contributed by atoms with van der Waals surface area (Å²) < 4.78 is 4.58. The molecule has 0 radical (unpaired) electrons. The number of amides is 1. The molecule has 0 saturated heterocycles. The minimum atomic E-state index is -0.523. The Bertz CT molecular complexity index is 261. The molecule has 0 atom stereocenters. The van der Waals surface area contributed by atoms with Gasteiger partial charge in [-0.25, -0.2) is 9.78 Å². The second kappa shape index (κ2) is 5.98. The lowest BCUT2D eigenvalue weighted by molar-refractivity contribution is 0.119. The fraction of sp³-hybridized carbons (Fsp3) is 0.500. The lowest BCUT2D eigenvalue weighted by Gasteiger charge is -2.03. The quantitative estimate of drug-likeness (QED) is 0.606. The van der Waals surface area contributed by atoms with Crippen molar-refractivity contribution in [2.24, 2.45) is 0 Å². The van der Waals surface area contributed by atoms with Crippen LogP contribution in [-0.4, -0.2) is 40.9 Å². The van der Waals surface area contributed by atoms with Gasteiger partial charge in [-0.05, 0) is 0 Å². The summed E-state index contributed by atoms with van der Waals surface area (Å²) in [4.78, 5) is 17.8. The molecule has 3 N–H and O–H groups in total. The molecular weight excluding hydrogens is 186 g/mol. The first-order valence-electron chi connectivity index (χ1n) is 4.32. The predicted octanol–water partition coefficient (Wildman–Crippen LogP) is -0.329. The summed E-state index contributed by atoms with van der Waals surface area (Å²) in [6.07, 6.45) is 3.48. The summed E-state index contributed by atoms with van der Waals surface area (Å²) in [5.41, 5.74) is 0. The lowest BCUT2D eigenvalue weighted by Crippen LogP contribution is -2.27. The Labute approximate surface area is 81.3 Å². The highest BCUT2D eigenvalue weighted by Crippen LogP contribution is 1.88. The number of carbonyl (C=O) groups is 1. The van der Waals surface area contributed by atoms with Crippen LogP contribution in [0.25, 0.3) is 0 Å². The fourth-order valence-corrected chi connectivity index (χ4v) is 0.907. The number of imidazole rings is 1. The van der Waals surface area contributed by atoms with Crippen LogP contribution < -0.4 is 5.32 Å². The van der Waals surface area contributed by atoms with Crippen LogP contribution in [0.2, 0.25) is 0 Å². The van der Waals surface area contributed by atoms with E-state index in [1.165, 1.54) is 0 Å². The number of carbonyl (C=O) groups excluding carboxylic acids is 1. The number of hydrogen-bond donors (Lipinski definition) is 3. The summed E-state index contributed by atoms with van der Waals surface area (Å²) in [5.74, 6) is 0.812. The zero-order valence-electron chi connectivity index (χ0n) is 7.69. The molecule has 0 aromatic carbocycles. The molecule has 78 valence electrons. The normalized spacial score (nSPS) is 9.79. The number of H-pyrrole nitrogens is 1. The zero-order chi connectivity index (χ0) is 10.2. The van der Waals surface area contributed by atoms with E-state index < -0.39 is 6.09 Å². The molecule has 1 aromatic heterocycles. The van der Waals surface area contributed by atoms with Gasteiger partial charge in [-0.15, -0.1) is 0 Å². The number of alkyl carbamates (subject to hydrolysis) is 1. The lowest BCUT2D eigenvalue weighted by atomic mass is 10.4. The Balaban J connectivity index is 2.06. The maximum atomic E-state index is 10.9. The SMILES string of the molecule is O=C(NCCc1ncc[nH]1)OCCO. The summed E-state index contributed by atoms with van der Waals surface area (Å²) in [6.45, 7) is 0.315. The van der Waals surface area contributed by atoms with Crippen LogP contribution in [0.4, 0.5) is 4.79 Å². The van der Waals surface area contributed by atoms with Gasteiger partial charge in [-0.3, -0.25) is 0 Å². The Morgan fingerprint density at radius 2 is 2.57 bits per heavy atom. The molecule has 0 saturated carbocycles. The van der Waals surface area contributed by atoms with Crippen LogP contribution in [0.3, 0.4) is 0 Å². The van der Waals surface area contributed by atoms with Gasteiger partial charge >= 0.3 is 6.09 Å². The van der Waals surface area contributed by atoms with E-state index >= 15 is 0 Å². The number of aliphatic hydroxyl groups is 1. The van der Waals surface area contributed by atoms with Crippen LogP contribution in [0.15, 0.2) is 12.4 Å². The molecule has 14 heavy (non-hydrogen) atoms. The third-order valence-electron chi connectivity index (χ3n) is 1.51. The number of nitrogens with one attached hydrogen (secondary N) is 2. The van der Waals surface area contributed by atoms with E-state index in [2.05, 4.69) is 20.0 Å². The van der Waals surface area contributed by atoms with Gasteiger partial charge in [0.25, 0.3) is 0 Å². The molecule has 6 nitrogen and oxygen atoms in total. The first-order valence-corrected chi connectivity index (χ1v) is 4.32. The van der Waals surface area contributed by atoms with Gasteiger partial charge in [-0.2, -0.15) is 0 Å². The maximum Gasteiger partial charge on any atom is 0.407 e. The van der Waals surface area contributed by atoms with E-state index in [0.29, 0.717) is 13.0 Å². The minimum Gasteiger partial charge on any atom is -0.447 e. The van der Waals surface area contributed by atoms with Gasteiger partial charge in [0.2, 0.25) is 0 Å². The standard InChI is InChI=1S/C8H13N3O3/c12-5-6-14-8(13)11-2-1-7-9-3-4-10-7/h3-4,12H,1-2,5-6H2,(H,9,10)(H,11,13). The molecule has 0 fully saturated rings. The summed E-state index contributed by atoms with van der Waals surface area (Å²) in [7, 11) is 0. The Morgan fingerprint density at radius 3 is 3.21 bits per heavy atom. The second-order valence-corrected chi connectivity index (χ2v) is 2.57. The Kier molecular flexibility index (Phi) is 4.49. The smallest absolute Gasteiger partial charge is 0.407 e. The zero-order valence-corrected chi connectivity index (χ0v) is 7.69. The van der Waals surface area contributed by atoms with Crippen LogP contribution in [-0.2, 0) is 11.2 Å². The van der Waals surface area contributed by atoms with Gasteiger partial charge in [0.05, 0.1) is 6.61 Å². The third kappa shape index (κ3) is 3.90. The number of hydrogen-bond acceptors (Lipinski definition) is 4. The van der Waals surface area contributed by atoms with Gasteiger partial charge in [0.15, 0.2) is 0 Å². The molecule has 0 spiro atoms. The number of aliphatic hydroxyl groups excluding tert-OH is 1. The van der Waals surface area contributed by atoms with Crippen molar-refractivity contribution in [3.8, 4) is 0 Å². The van der Waals surface area contributed by atoms with Crippen LogP contribution in [0.5, 0.6) is 0 Å². The highest BCUT2D eigenvalue weighted by molar-refractivity contribution is 5.67. The average Bonchev–Trinajstić information content (AvgIpc) is 2.67. The van der Waals surface area contributed by atoms with Crippen LogP contribution >= 0.6 is 0 Å². The van der Waals surface area contributed by atoms with Crippen molar-refractivity contribution in [1.29, 1.82) is 0 Å². The first kappa shape index (κ1) is 10.5. The monoisotopic (exact) mass is 199 g/mol. The molecule has 1 amide bonds. The second-order valence-electron chi connectivity index (χ2n) is 2.57. The van der Waals surface area contributed by atoms with Crippen molar-refractivity contribution >= 4 is 6.09 Å². The molecule has 1 heterocycles.